The Hall–Kier alpha value is -1.68. The normalized spacial score (nSPS) is 10.4. The van der Waals surface area contributed by atoms with Crippen molar-refractivity contribution in [2.24, 2.45) is 0 Å². The van der Waals surface area contributed by atoms with Gasteiger partial charge in [0.25, 0.3) is 0 Å². The molecule has 0 fully saturated rings. The summed E-state index contributed by atoms with van der Waals surface area (Å²) in [5, 5.41) is 0.412. The van der Waals surface area contributed by atoms with Gasteiger partial charge in [-0.05, 0) is 32.0 Å². The average molecular weight is 266 g/mol. The monoisotopic (exact) mass is 265 g/mol. The molecule has 3 nitrogen and oxygen atoms in total. The second-order valence-electron chi connectivity index (χ2n) is 3.84. The molecule has 0 aliphatic heterocycles. The maximum absolute atomic E-state index is 13.3. The van der Waals surface area contributed by atoms with Crippen LogP contribution in [0, 0.1) is 12.7 Å². The molecule has 0 bridgehead atoms. The van der Waals surface area contributed by atoms with Crippen LogP contribution in [0.4, 0.5) is 15.9 Å². The van der Waals surface area contributed by atoms with Crippen LogP contribution in [0.2, 0.25) is 5.15 Å². The lowest BCUT2D eigenvalue weighted by atomic mass is 10.2. The Kier molecular flexibility index (Phi) is 3.77. The standard InChI is InChI=1S/C13H13ClFN3/c1-3-18(11-6-4-5-10(15)7-11)13-9(2)12(14)16-8-17-13/h4-8H,3H2,1-2H3. The second-order valence-corrected chi connectivity index (χ2v) is 4.20. The zero-order chi connectivity index (χ0) is 13.1. The molecule has 1 heterocycles. The van der Waals surface area contributed by atoms with Crippen molar-refractivity contribution in [3.8, 4) is 0 Å². The van der Waals surface area contributed by atoms with Crippen molar-refractivity contribution in [3.05, 3.63) is 47.1 Å². The van der Waals surface area contributed by atoms with Gasteiger partial charge in [0.2, 0.25) is 0 Å². The Morgan fingerprint density at radius 1 is 1.33 bits per heavy atom. The Labute approximate surface area is 110 Å². The van der Waals surface area contributed by atoms with Gasteiger partial charge in [0.05, 0.1) is 0 Å². The molecule has 1 aromatic heterocycles. The third-order valence-corrected chi connectivity index (χ3v) is 3.07. The third kappa shape index (κ3) is 2.43. The van der Waals surface area contributed by atoms with Crippen LogP contribution in [0.15, 0.2) is 30.6 Å². The van der Waals surface area contributed by atoms with E-state index in [1.54, 1.807) is 6.07 Å². The molecule has 0 unspecified atom stereocenters. The predicted molar refractivity (Wildman–Crippen MR) is 70.9 cm³/mol. The largest absolute Gasteiger partial charge is 0.326 e. The first-order valence-corrected chi connectivity index (χ1v) is 6.01. The molecule has 0 aliphatic carbocycles. The minimum atomic E-state index is -0.274. The average Bonchev–Trinajstić information content (AvgIpc) is 2.35. The maximum Gasteiger partial charge on any atom is 0.140 e. The third-order valence-electron chi connectivity index (χ3n) is 2.69. The highest BCUT2D eigenvalue weighted by Gasteiger charge is 2.14. The summed E-state index contributed by atoms with van der Waals surface area (Å²) in [6.07, 6.45) is 1.41. The van der Waals surface area contributed by atoms with Gasteiger partial charge in [0.1, 0.15) is 23.1 Å². The van der Waals surface area contributed by atoms with Crippen LogP contribution in [0.1, 0.15) is 12.5 Å². The molecule has 2 rings (SSSR count). The van der Waals surface area contributed by atoms with E-state index < -0.39 is 0 Å². The van der Waals surface area contributed by atoms with Gasteiger partial charge >= 0.3 is 0 Å². The van der Waals surface area contributed by atoms with Crippen LogP contribution in [0.5, 0.6) is 0 Å². The first kappa shape index (κ1) is 12.8. The minimum absolute atomic E-state index is 0.274. The maximum atomic E-state index is 13.3. The van der Waals surface area contributed by atoms with Gasteiger partial charge in [0, 0.05) is 17.8 Å². The minimum Gasteiger partial charge on any atom is -0.326 e. The molecule has 5 heteroatoms. The Morgan fingerprint density at radius 2 is 2.11 bits per heavy atom. The van der Waals surface area contributed by atoms with E-state index in [0.717, 1.165) is 11.3 Å². The van der Waals surface area contributed by atoms with E-state index in [2.05, 4.69) is 9.97 Å². The lowest BCUT2D eigenvalue weighted by Crippen LogP contribution is -2.19. The first-order chi connectivity index (χ1) is 8.63. The fraction of sp³-hybridized carbons (Fsp3) is 0.231. The van der Waals surface area contributed by atoms with Crippen LogP contribution in [0.25, 0.3) is 0 Å². The molecule has 0 amide bonds. The molecule has 0 N–H and O–H groups in total. The number of benzene rings is 1. The van der Waals surface area contributed by atoms with Gasteiger partial charge in [-0.25, -0.2) is 14.4 Å². The molecule has 0 saturated heterocycles. The van der Waals surface area contributed by atoms with Crippen molar-refractivity contribution in [2.45, 2.75) is 13.8 Å². The molecular weight excluding hydrogens is 253 g/mol. The molecule has 0 saturated carbocycles. The van der Waals surface area contributed by atoms with Crippen LogP contribution >= 0.6 is 11.6 Å². The number of aromatic nitrogens is 2. The molecular formula is C13H13ClFN3. The number of hydrogen-bond acceptors (Lipinski definition) is 3. The summed E-state index contributed by atoms with van der Waals surface area (Å²) in [7, 11) is 0. The number of halogens is 2. The molecule has 0 atom stereocenters. The topological polar surface area (TPSA) is 29.0 Å². The SMILES string of the molecule is CCN(c1cccc(F)c1)c1ncnc(Cl)c1C. The van der Waals surface area contributed by atoms with Crippen LogP contribution < -0.4 is 4.90 Å². The zero-order valence-corrected chi connectivity index (χ0v) is 10.9. The van der Waals surface area contributed by atoms with E-state index in [4.69, 9.17) is 11.6 Å². The van der Waals surface area contributed by atoms with E-state index in [1.807, 2.05) is 24.8 Å². The van der Waals surface area contributed by atoms with Crippen molar-refractivity contribution in [2.75, 3.05) is 11.4 Å². The molecule has 0 spiro atoms. The van der Waals surface area contributed by atoms with Crippen molar-refractivity contribution in [3.63, 3.8) is 0 Å². The number of anilines is 2. The van der Waals surface area contributed by atoms with Crippen molar-refractivity contribution in [1.29, 1.82) is 0 Å². The fourth-order valence-electron chi connectivity index (χ4n) is 1.79. The molecule has 0 radical (unpaired) electrons. The predicted octanol–water partition coefficient (Wildman–Crippen LogP) is 3.74. The Bertz CT molecular complexity index is 560. The number of nitrogens with zero attached hydrogens (tertiary/aromatic N) is 3. The highest BCUT2D eigenvalue weighted by molar-refractivity contribution is 6.30. The lowest BCUT2D eigenvalue weighted by molar-refractivity contribution is 0.627. The summed E-state index contributed by atoms with van der Waals surface area (Å²) in [6.45, 7) is 4.48. The lowest BCUT2D eigenvalue weighted by Gasteiger charge is -2.23. The highest BCUT2D eigenvalue weighted by atomic mass is 35.5. The summed E-state index contributed by atoms with van der Waals surface area (Å²) < 4.78 is 13.3. The fourth-order valence-corrected chi connectivity index (χ4v) is 1.92. The summed E-state index contributed by atoms with van der Waals surface area (Å²) >= 11 is 5.98. The molecule has 0 aliphatic rings. The molecule has 2 aromatic rings. The number of hydrogen-bond donors (Lipinski definition) is 0. The highest BCUT2D eigenvalue weighted by Crippen LogP contribution is 2.28. The van der Waals surface area contributed by atoms with E-state index in [0.29, 0.717) is 17.5 Å². The van der Waals surface area contributed by atoms with Crippen molar-refractivity contribution >= 4 is 23.1 Å². The quantitative estimate of drug-likeness (QED) is 0.792. The van der Waals surface area contributed by atoms with Gasteiger partial charge in [-0.15, -0.1) is 0 Å². The zero-order valence-electron chi connectivity index (χ0n) is 10.2. The van der Waals surface area contributed by atoms with E-state index in [-0.39, 0.29) is 5.82 Å². The first-order valence-electron chi connectivity index (χ1n) is 5.63. The van der Waals surface area contributed by atoms with Gasteiger partial charge in [0.15, 0.2) is 0 Å². The Morgan fingerprint density at radius 3 is 2.78 bits per heavy atom. The van der Waals surface area contributed by atoms with Gasteiger partial charge in [-0.1, -0.05) is 17.7 Å². The van der Waals surface area contributed by atoms with Gasteiger partial charge in [-0.2, -0.15) is 0 Å². The van der Waals surface area contributed by atoms with E-state index in [9.17, 15) is 4.39 Å². The molecule has 94 valence electrons. The number of rotatable bonds is 3. The van der Waals surface area contributed by atoms with Gasteiger partial charge in [-0.3, -0.25) is 0 Å². The smallest absolute Gasteiger partial charge is 0.140 e. The summed E-state index contributed by atoms with van der Waals surface area (Å²) in [5.41, 5.74) is 1.53. The molecule has 18 heavy (non-hydrogen) atoms. The summed E-state index contributed by atoms with van der Waals surface area (Å²) in [6, 6.07) is 6.39. The van der Waals surface area contributed by atoms with Crippen LogP contribution in [0.3, 0.4) is 0 Å². The van der Waals surface area contributed by atoms with E-state index >= 15 is 0 Å². The van der Waals surface area contributed by atoms with Gasteiger partial charge < -0.3 is 4.90 Å². The summed E-state index contributed by atoms with van der Waals surface area (Å²) in [4.78, 5) is 10.0. The van der Waals surface area contributed by atoms with Crippen molar-refractivity contribution in [1.82, 2.24) is 9.97 Å². The molecule has 1 aromatic carbocycles. The van der Waals surface area contributed by atoms with Crippen LogP contribution in [-0.4, -0.2) is 16.5 Å². The Balaban J connectivity index is 2.49. The summed E-state index contributed by atoms with van der Waals surface area (Å²) in [5.74, 6) is 0.423. The van der Waals surface area contributed by atoms with Crippen LogP contribution in [-0.2, 0) is 0 Å². The second kappa shape index (κ2) is 5.31. The van der Waals surface area contributed by atoms with Crippen molar-refractivity contribution < 1.29 is 4.39 Å². The van der Waals surface area contributed by atoms with E-state index in [1.165, 1.54) is 18.5 Å².